The van der Waals surface area contributed by atoms with Crippen molar-refractivity contribution >= 4 is 10.0 Å². The summed E-state index contributed by atoms with van der Waals surface area (Å²) in [5.74, 6) is 0.891. The maximum Gasteiger partial charge on any atom is 0.209 e. The van der Waals surface area contributed by atoms with Gasteiger partial charge in [0.05, 0.1) is 5.75 Å². The molecule has 70 valence electrons. The Morgan fingerprint density at radius 2 is 2.17 bits per heavy atom. The fourth-order valence-corrected chi connectivity index (χ4v) is 2.48. The van der Waals surface area contributed by atoms with E-state index >= 15 is 0 Å². The molecule has 0 spiro atoms. The minimum absolute atomic E-state index is 0.115. The molecule has 0 amide bonds. The van der Waals surface area contributed by atoms with E-state index in [1.807, 2.05) is 0 Å². The second-order valence-electron chi connectivity index (χ2n) is 3.45. The topological polar surface area (TPSA) is 60.2 Å². The van der Waals surface area contributed by atoms with Gasteiger partial charge in [-0.15, -0.1) is 6.58 Å². The largest absolute Gasteiger partial charge is 0.229 e. The van der Waals surface area contributed by atoms with Gasteiger partial charge >= 0.3 is 0 Å². The molecule has 0 heterocycles. The van der Waals surface area contributed by atoms with Crippen molar-refractivity contribution in [1.82, 2.24) is 0 Å². The first kappa shape index (κ1) is 9.74. The van der Waals surface area contributed by atoms with Gasteiger partial charge in [0, 0.05) is 0 Å². The fraction of sp³-hybridized carbons (Fsp3) is 0.750. The highest BCUT2D eigenvalue weighted by atomic mass is 32.2. The van der Waals surface area contributed by atoms with Crippen LogP contribution >= 0.6 is 0 Å². The summed E-state index contributed by atoms with van der Waals surface area (Å²) in [7, 11) is -3.30. The van der Waals surface area contributed by atoms with Gasteiger partial charge in [-0.3, -0.25) is 0 Å². The highest BCUT2D eigenvalue weighted by Crippen LogP contribution is 2.39. The van der Waals surface area contributed by atoms with Gasteiger partial charge in [-0.1, -0.05) is 6.08 Å². The number of allylic oxidation sites excluding steroid dienone is 1. The van der Waals surface area contributed by atoms with Gasteiger partial charge in [0.25, 0.3) is 0 Å². The summed E-state index contributed by atoms with van der Waals surface area (Å²) >= 11 is 0. The van der Waals surface area contributed by atoms with Crippen LogP contribution in [-0.2, 0) is 10.0 Å². The lowest BCUT2D eigenvalue weighted by Gasteiger charge is -2.11. The number of primary sulfonamides is 1. The second kappa shape index (κ2) is 3.58. The first-order chi connectivity index (χ1) is 5.53. The standard InChI is InChI=1S/C8H15NO2S/c1-2-3-8(7-4-5-7)6-12(9,10)11/h2,7-8H,1,3-6H2,(H2,9,10,11)/t8-/m0/s1. The van der Waals surface area contributed by atoms with Crippen LogP contribution in [0, 0.1) is 11.8 Å². The molecule has 0 radical (unpaired) electrons. The molecule has 1 rings (SSSR count). The molecule has 0 bridgehead atoms. The lowest BCUT2D eigenvalue weighted by atomic mass is 10.0. The van der Waals surface area contributed by atoms with Crippen molar-refractivity contribution in [2.45, 2.75) is 19.3 Å². The molecule has 1 atom stereocenters. The van der Waals surface area contributed by atoms with Crippen LogP contribution in [0.1, 0.15) is 19.3 Å². The van der Waals surface area contributed by atoms with E-state index in [1.165, 1.54) is 0 Å². The molecule has 2 N–H and O–H groups in total. The molecule has 1 saturated carbocycles. The van der Waals surface area contributed by atoms with Crippen molar-refractivity contribution in [3.8, 4) is 0 Å². The van der Waals surface area contributed by atoms with Crippen LogP contribution in [0.4, 0.5) is 0 Å². The smallest absolute Gasteiger partial charge is 0.209 e. The summed E-state index contributed by atoms with van der Waals surface area (Å²) in [5, 5.41) is 4.97. The molecule has 1 fully saturated rings. The van der Waals surface area contributed by atoms with Crippen molar-refractivity contribution < 1.29 is 8.42 Å². The van der Waals surface area contributed by atoms with Crippen molar-refractivity contribution in [3.05, 3.63) is 12.7 Å². The molecule has 0 aromatic heterocycles. The predicted octanol–water partition coefficient (Wildman–Crippen LogP) is 0.877. The van der Waals surface area contributed by atoms with Gasteiger partial charge in [-0.05, 0) is 31.1 Å². The Hall–Kier alpha value is -0.350. The maximum absolute atomic E-state index is 10.8. The zero-order valence-corrected chi connectivity index (χ0v) is 7.89. The van der Waals surface area contributed by atoms with E-state index in [-0.39, 0.29) is 11.7 Å². The minimum atomic E-state index is -3.30. The quantitative estimate of drug-likeness (QED) is 0.652. The number of sulfonamides is 1. The number of hydrogen-bond donors (Lipinski definition) is 1. The molecule has 4 heteroatoms. The van der Waals surface area contributed by atoms with Gasteiger partial charge in [-0.2, -0.15) is 0 Å². The van der Waals surface area contributed by atoms with Crippen LogP contribution in [0.25, 0.3) is 0 Å². The highest BCUT2D eigenvalue weighted by molar-refractivity contribution is 7.89. The van der Waals surface area contributed by atoms with Gasteiger partial charge in [0.15, 0.2) is 0 Å². The van der Waals surface area contributed by atoms with Crippen LogP contribution in [0.15, 0.2) is 12.7 Å². The average molecular weight is 189 g/mol. The number of rotatable bonds is 5. The van der Waals surface area contributed by atoms with E-state index in [0.29, 0.717) is 5.92 Å². The Morgan fingerprint density at radius 3 is 2.50 bits per heavy atom. The van der Waals surface area contributed by atoms with Gasteiger partial charge in [0.1, 0.15) is 0 Å². The summed E-state index contributed by atoms with van der Waals surface area (Å²) < 4.78 is 21.6. The number of nitrogens with two attached hydrogens (primary N) is 1. The molecular formula is C8H15NO2S. The SMILES string of the molecule is C=CC[C@@H](CS(N)(=O)=O)C1CC1. The third kappa shape index (κ3) is 3.36. The summed E-state index contributed by atoms with van der Waals surface area (Å²) in [6.07, 6.45) is 4.83. The Labute approximate surface area is 73.7 Å². The third-order valence-electron chi connectivity index (χ3n) is 2.20. The van der Waals surface area contributed by atoms with E-state index < -0.39 is 10.0 Å². The summed E-state index contributed by atoms with van der Waals surface area (Å²) in [5.41, 5.74) is 0. The summed E-state index contributed by atoms with van der Waals surface area (Å²) in [6, 6.07) is 0. The second-order valence-corrected chi connectivity index (χ2v) is 5.11. The Bertz CT molecular complexity index is 254. The van der Waals surface area contributed by atoms with E-state index in [0.717, 1.165) is 19.3 Å². The lowest BCUT2D eigenvalue weighted by Crippen LogP contribution is -2.23. The predicted molar refractivity (Wildman–Crippen MR) is 49.0 cm³/mol. The van der Waals surface area contributed by atoms with Crippen molar-refractivity contribution in [1.29, 1.82) is 0 Å². The van der Waals surface area contributed by atoms with Gasteiger partial charge in [0.2, 0.25) is 10.0 Å². The average Bonchev–Trinajstić information content (AvgIpc) is 2.63. The lowest BCUT2D eigenvalue weighted by molar-refractivity contribution is 0.504. The van der Waals surface area contributed by atoms with Crippen molar-refractivity contribution in [2.75, 3.05) is 5.75 Å². The van der Waals surface area contributed by atoms with Crippen LogP contribution in [-0.4, -0.2) is 14.2 Å². The Kier molecular flexibility index (Phi) is 2.90. The molecule has 0 unspecified atom stereocenters. The van der Waals surface area contributed by atoms with E-state index in [9.17, 15) is 8.42 Å². The van der Waals surface area contributed by atoms with Crippen LogP contribution in [0.3, 0.4) is 0 Å². The first-order valence-corrected chi connectivity index (χ1v) is 5.86. The Morgan fingerprint density at radius 1 is 1.58 bits per heavy atom. The molecule has 12 heavy (non-hydrogen) atoms. The minimum Gasteiger partial charge on any atom is -0.229 e. The molecule has 3 nitrogen and oxygen atoms in total. The van der Waals surface area contributed by atoms with E-state index in [2.05, 4.69) is 6.58 Å². The zero-order valence-electron chi connectivity index (χ0n) is 7.07. The highest BCUT2D eigenvalue weighted by Gasteiger charge is 2.32. The van der Waals surface area contributed by atoms with Crippen LogP contribution < -0.4 is 5.14 Å². The van der Waals surface area contributed by atoms with E-state index in [4.69, 9.17) is 5.14 Å². The van der Waals surface area contributed by atoms with Gasteiger partial charge in [-0.25, -0.2) is 13.6 Å². The van der Waals surface area contributed by atoms with Gasteiger partial charge < -0.3 is 0 Å². The zero-order chi connectivity index (χ0) is 9.19. The molecule has 1 aliphatic carbocycles. The molecule has 0 aromatic carbocycles. The number of hydrogen-bond acceptors (Lipinski definition) is 2. The summed E-state index contributed by atoms with van der Waals surface area (Å²) in [4.78, 5) is 0. The first-order valence-electron chi connectivity index (χ1n) is 4.14. The molecule has 0 aromatic rings. The fourth-order valence-electron chi connectivity index (χ4n) is 1.48. The summed E-state index contributed by atoms with van der Waals surface area (Å²) in [6.45, 7) is 3.61. The van der Waals surface area contributed by atoms with Crippen molar-refractivity contribution in [2.24, 2.45) is 17.0 Å². The molecule has 0 aliphatic heterocycles. The molecular weight excluding hydrogens is 174 g/mol. The van der Waals surface area contributed by atoms with Crippen molar-refractivity contribution in [3.63, 3.8) is 0 Å². The normalized spacial score (nSPS) is 20.4. The third-order valence-corrected chi connectivity index (χ3v) is 3.10. The maximum atomic E-state index is 10.8. The molecule has 1 aliphatic rings. The monoisotopic (exact) mass is 189 g/mol. The van der Waals surface area contributed by atoms with E-state index in [1.54, 1.807) is 6.08 Å². The molecule has 0 saturated heterocycles. The van der Waals surface area contributed by atoms with Crippen LogP contribution in [0.5, 0.6) is 0 Å². The van der Waals surface area contributed by atoms with Crippen LogP contribution in [0.2, 0.25) is 0 Å². The Balaban J connectivity index is 2.48.